The van der Waals surface area contributed by atoms with Crippen LogP contribution in [0.3, 0.4) is 0 Å². The number of amidine groups is 1. The Kier molecular flexibility index (Phi) is 4.56. The number of nitrogens with zero attached hydrogens (tertiary/aromatic N) is 1. The van der Waals surface area contributed by atoms with Gasteiger partial charge in [-0.15, -0.1) is 0 Å². The maximum absolute atomic E-state index is 12.5. The average Bonchev–Trinajstić information content (AvgIpc) is 2.38. The molecule has 18 heavy (non-hydrogen) atoms. The van der Waals surface area contributed by atoms with Crippen molar-refractivity contribution >= 4 is 11.7 Å². The van der Waals surface area contributed by atoms with E-state index in [-0.39, 0.29) is 17.3 Å². The summed E-state index contributed by atoms with van der Waals surface area (Å²) in [6, 6.07) is 0. The summed E-state index contributed by atoms with van der Waals surface area (Å²) in [6.45, 7) is 6.78. The molecule has 1 rings (SSSR count). The highest BCUT2D eigenvalue weighted by Gasteiger charge is 2.45. The summed E-state index contributed by atoms with van der Waals surface area (Å²) in [5.74, 6) is -0.219. The molecule has 0 aliphatic carbocycles. The van der Waals surface area contributed by atoms with Gasteiger partial charge in [-0.3, -0.25) is 4.79 Å². The Balaban J connectivity index is 2.94. The molecule has 1 aliphatic heterocycles. The van der Waals surface area contributed by atoms with Crippen molar-refractivity contribution in [3.63, 3.8) is 0 Å². The van der Waals surface area contributed by atoms with Crippen LogP contribution in [0.4, 0.5) is 0 Å². The summed E-state index contributed by atoms with van der Waals surface area (Å²) in [7, 11) is 0. The number of nitrogens with two attached hydrogens (primary N) is 1. The van der Waals surface area contributed by atoms with Gasteiger partial charge >= 0.3 is 0 Å². The highest BCUT2D eigenvalue weighted by Crippen LogP contribution is 2.32. The number of ether oxygens (including phenoxy) is 1. The fourth-order valence-electron chi connectivity index (χ4n) is 1.93. The van der Waals surface area contributed by atoms with Gasteiger partial charge in [0.05, 0.1) is 0 Å². The number of hydrogen-bond donors (Lipinski definition) is 3. The molecule has 6 nitrogen and oxygen atoms in total. The largest absolute Gasteiger partial charge is 0.409 e. The van der Waals surface area contributed by atoms with Crippen LogP contribution in [0.1, 0.15) is 40.0 Å². The Morgan fingerprint density at radius 3 is 2.50 bits per heavy atom. The first-order valence-electron chi connectivity index (χ1n) is 6.26. The Morgan fingerprint density at radius 2 is 2.06 bits per heavy atom. The molecule has 104 valence electrons. The smallest absolute Gasteiger partial charge is 0.234 e. The van der Waals surface area contributed by atoms with E-state index in [1.54, 1.807) is 0 Å². The van der Waals surface area contributed by atoms with Gasteiger partial charge in [0.1, 0.15) is 5.41 Å². The second kappa shape index (κ2) is 5.56. The third-order valence-electron chi connectivity index (χ3n) is 3.71. The number of amides is 1. The number of rotatable bonds is 4. The van der Waals surface area contributed by atoms with Crippen molar-refractivity contribution in [1.82, 2.24) is 5.32 Å². The Morgan fingerprint density at radius 1 is 1.50 bits per heavy atom. The summed E-state index contributed by atoms with van der Waals surface area (Å²) in [4.78, 5) is 12.5. The molecule has 1 saturated heterocycles. The lowest BCUT2D eigenvalue weighted by atomic mass is 9.77. The summed E-state index contributed by atoms with van der Waals surface area (Å²) in [6.07, 6.45) is 1.69. The van der Waals surface area contributed by atoms with E-state index >= 15 is 0 Å². The second-order valence-electron chi connectivity index (χ2n) is 5.37. The molecule has 1 fully saturated rings. The van der Waals surface area contributed by atoms with Crippen molar-refractivity contribution in [2.24, 2.45) is 16.3 Å². The lowest BCUT2D eigenvalue weighted by Gasteiger charge is -2.37. The van der Waals surface area contributed by atoms with Gasteiger partial charge in [-0.1, -0.05) is 12.1 Å². The minimum atomic E-state index is -0.945. The van der Waals surface area contributed by atoms with Gasteiger partial charge in [0.25, 0.3) is 0 Å². The van der Waals surface area contributed by atoms with E-state index in [1.807, 2.05) is 20.8 Å². The Labute approximate surface area is 108 Å². The maximum atomic E-state index is 12.5. The number of carbonyl (C=O) groups is 1. The topological polar surface area (TPSA) is 96.9 Å². The van der Waals surface area contributed by atoms with Crippen LogP contribution < -0.4 is 11.1 Å². The molecular weight excluding hydrogens is 234 g/mol. The van der Waals surface area contributed by atoms with Crippen molar-refractivity contribution in [1.29, 1.82) is 0 Å². The zero-order valence-corrected chi connectivity index (χ0v) is 11.3. The van der Waals surface area contributed by atoms with Gasteiger partial charge in [-0.2, -0.15) is 0 Å². The van der Waals surface area contributed by atoms with Gasteiger partial charge in [-0.05, 0) is 33.1 Å². The van der Waals surface area contributed by atoms with Gasteiger partial charge in [0.15, 0.2) is 5.84 Å². The molecule has 0 saturated carbocycles. The van der Waals surface area contributed by atoms with E-state index in [0.29, 0.717) is 26.1 Å². The van der Waals surface area contributed by atoms with Crippen molar-refractivity contribution in [3.05, 3.63) is 0 Å². The van der Waals surface area contributed by atoms with E-state index in [9.17, 15) is 4.79 Å². The molecule has 0 aromatic heterocycles. The van der Waals surface area contributed by atoms with E-state index in [2.05, 4.69) is 10.5 Å². The number of carbonyl (C=O) groups excluding carboxylic acids is 1. The van der Waals surface area contributed by atoms with E-state index in [0.717, 1.165) is 6.42 Å². The van der Waals surface area contributed by atoms with Crippen LogP contribution in [-0.4, -0.2) is 35.7 Å². The van der Waals surface area contributed by atoms with Crippen LogP contribution >= 0.6 is 0 Å². The van der Waals surface area contributed by atoms with Crippen molar-refractivity contribution in [2.75, 3.05) is 13.2 Å². The first-order chi connectivity index (χ1) is 8.38. The standard InChI is InChI=1S/C12H23N3O3/c1-4-11(2,3)14-10(16)12(9(13)15-17)5-7-18-8-6-12/h17H,4-8H2,1-3H3,(H2,13,15)(H,14,16). The van der Waals surface area contributed by atoms with Crippen LogP contribution in [-0.2, 0) is 9.53 Å². The maximum Gasteiger partial charge on any atom is 0.234 e. The number of oxime groups is 1. The average molecular weight is 257 g/mol. The molecule has 4 N–H and O–H groups in total. The highest BCUT2D eigenvalue weighted by molar-refractivity contribution is 6.07. The van der Waals surface area contributed by atoms with Gasteiger partial charge < -0.3 is 21.0 Å². The summed E-state index contributed by atoms with van der Waals surface area (Å²) < 4.78 is 5.25. The SMILES string of the molecule is CCC(C)(C)NC(=O)C1(C(N)=NO)CCOCC1. The minimum Gasteiger partial charge on any atom is -0.409 e. The van der Waals surface area contributed by atoms with Crippen LogP contribution in [0.5, 0.6) is 0 Å². The zero-order chi connectivity index (χ0) is 13.8. The number of nitrogens with one attached hydrogen (secondary N) is 1. The fraction of sp³-hybridized carbons (Fsp3) is 0.833. The fourth-order valence-corrected chi connectivity index (χ4v) is 1.93. The van der Waals surface area contributed by atoms with E-state index in [4.69, 9.17) is 15.7 Å². The lowest BCUT2D eigenvalue weighted by Crippen LogP contribution is -2.57. The van der Waals surface area contributed by atoms with E-state index in [1.165, 1.54) is 0 Å². The summed E-state index contributed by atoms with van der Waals surface area (Å²) in [5, 5.41) is 14.9. The van der Waals surface area contributed by atoms with E-state index < -0.39 is 5.41 Å². The summed E-state index contributed by atoms with van der Waals surface area (Å²) in [5.41, 5.74) is 4.48. The molecule has 1 heterocycles. The molecule has 1 aliphatic rings. The lowest BCUT2D eigenvalue weighted by molar-refractivity contribution is -0.133. The van der Waals surface area contributed by atoms with Crippen LogP contribution in [0, 0.1) is 5.41 Å². The predicted molar refractivity (Wildman–Crippen MR) is 68.4 cm³/mol. The Hall–Kier alpha value is -1.30. The molecule has 0 bridgehead atoms. The van der Waals surface area contributed by atoms with Crippen molar-refractivity contribution < 1.29 is 14.7 Å². The monoisotopic (exact) mass is 257 g/mol. The molecule has 0 unspecified atom stereocenters. The van der Waals surface area contributed by atoms with Crippen LogP contribution in [0.25, 0.3) is 0 Å². The van der Waals surface area contributed by atoms with Gasteiger partial charge in [0.2, 0.25) is 5.91 Å². The Bertz CT molecular complexity index is 333. The van der Waals surface area contributed by atoms with Gasteiger partial charge in [0, 0.05) is 18.8 Å². The first-order valence-corrected chi connectivity index (χ1v) is 6.26. The van der Waals surface area contributed by atoms with Gasteiger partial charge in [-0.25, -0.2) is 0 Å². The first kappa shape index (κ1) is 14.8. The third kappa shape index (κ3) is 2.93. The summed E-state index contributed by atoms with van der Waals surface area (Å²) >= 11 is 0. The molecule has 0 aromatic carbocycles. The van der Waals surface area contributed by atoms with Crippen molar-refractivity contribution in [2.45, 2.75) is 45.6 Å². The normalized spacial score (nSPS) is 20.5. The number of hydrogen-bond acceptors (Lipinski definition) is 4. The molecule has 0 atom stereocenters. The second-order valence-corrected chi connectivity index (χ2v) is 5.37. The minimum absolute atomic E-state index is 0.0322. The molecule has 0 radical (unpaired) electrons. The molecular formula is C12H23N3O3. The van der Waals surface area contributed by atoms with Crippen LogP contribution in [0.2, 0.25) is 0 Å². The zero-order valence-electron chi connectivity index (χ0n) is 11.3. The van der Waals surface area contributed by atoms with Crippen molar-refractivity contribution in [3.8, 4) is 0 Å². The molecule has 6 heteroatoms. The molecule has 0 spiro atoms. The third-order valence-corrected chi connectivity index (χ3v) is 3.71. The molecule has 1 amide bonds. The predicted octanol–water partition coefficient (Wildman–Crippen LogP) is 0.834. The molecule has 0 aromatic rings. The quantitative estimate of drug-likeness (QED) is 0.301. The van der Waals surface area contributed by atoms with Crippen LogP contribution in [0.15, 0.2) is 5.16 Å². The highest BCUT2D eigenvalue weighted by atomic mass is 16.5.